The molecule has 2 aromatic carbocycles. The molecule has 0 unspecified atom stereocenters. The predicted molar refractivity (Wildman–Crippen MR) is 106 cm³/mol. The molecule has 1 aliphatic rings. The maximum atomic E-state index is 12.8. The highest BCUT2D eigenvalue weighted by Gasteiger charge is 2.23. The van der Waals surface area contributed by atoms with Crippen LogP contribution in [0.1, 0.15) is 12.0 Å². The number of thiazole rings is 1. The summed E-state index contributed by atoms with van der Waals surface area (Å²) < 4.78 is 3.22. The summed E-state index contributed by atoms with van der Waals surface area (Å²) in [6.45, 7) is 0.785. The highest BCUT2D eigenvalue weighted by molar-refractivity contribution is 7.99. The molecule has 0 aliphatic carbocycles. The summed E-state index contributed by atoms with van der Waals surface area (Å²) >= 11 is 3.07. The number of amides is 1. The van der Waals surface area contributed by atoms with Crippen LogP contribution in [-0.2, 0) is 11.2 Å². The van der Waals surface area contributed by atoms with E-state index in [1.165, 1.54) is 22.0 Å². The van der Waals surface area contributed by atoms with E-state index in [9.17, 15) is 4.79 Å². The summed E-state index contributed by atoms with van der Waals surface area (Å²) in [6.07, 6.45) is 2.05. The molecular weight excluding hydrogens is 364 g/mol. The summed E-state index contributed by atoms with van der Waals surface area (Å²) in [7, 11) is 0. The minimum atomic E-state index is 0.124. The third-order valence-electron chi connectivity index (χ3n) is 4.65. The predicted octanol–water partition coefficient (Wildman–Crippen LogP) is 4.02. The number of carbonyl (C=O) groups is 1. The SMILES string of the molecule is O=C(CSc1nnc2sc3ccccc3n12)N1CCCc2ccccc21. The van der Waals surface area contributed by atoms with Crippen LogP contribution in [0.25, 0.3) is 15.2 Å². The van der Waals surface area contributed by atoms with E-state index in [0.29, 0.717) is 5.75 Å². The maximum absolute atomic E-state index is 12.8. The Morgan fingerprint density at radius 3 is 2.92 bits per heavy atom. The lowest BCUT2D eigenvalue weighted by Gasteiger charge is -2.29. The Morgan fingerprint density at radius 1 is 1.12 bits per heavy atom. The van der Waals surface area contributed by atoms with Gasteiger partial charge in [-0.25, -0.2) is 0 Å². The van der Waals surface area contributed by atoms with Crippen molar-refractivity contribution in [3.8, 4) is 0 Å². The monoisotopic (exact) mass is 380 g/mol. The topological polar surface area (TPSA) is 50.5 Å². The summed E-state index contributed by atoms with van der Waals surface area (Å²) in [4.78, 5) is 15.6. The van der Waals surface area contributed by atoms with Crippen molar-refractivity contribution in [1.82, 2.24) is 14.6 Å². The van der Waals surface area contributed by atoms with Crippen molar-refractivity contribution in [2.75, 3.05) is 17.2 Å². The largest absolute Gasteiger partial charge is 0.311 e. The Kier molecular flexibility index (Phi) is 3.90. The van der Waals surface area contributed by atoms with Gasteiger partial charge in [-0.3, -0.25) is 9.20 Å². The van der Waals surface area contributed by atoms with Crippen LogP contribution in [0.2, 0.25) is 0 Å². The van der Waals surface area contributed by atoms with E-state index < -0.39 is 0 Å². The van der Waals surface area contributed by atoms with E-state index in [0.717, 1.165) is 40.7 Å². The molecule has 0 bridgehead atoms. The van der Waals surface area contributed by atoms with Crippen LogP contribution >= 0.6 is 23.1 Å². The van der Waals surface area contributed by atoms with Crippen molar-refractivity contribution in [3.05, 3.63) is 54.1 Å². The number of para-hydroxylation sites is 2. The zero-order valence-electron chi connectivity index (χ0n) is 14.0. The molecule has 0 N–H and O–H groups in total. The average Bonchev–Trinajstić information content (AvgIpc) is 3.25. The van der Waals surface area contributed by atoms with Gasteiger partial charge < -0.3 is 4.90 Å². The first-order chi connectivity index (χ1) is 12.8. The standard InChI is InChI=1S/C19H16N4OS2/c24-17(22-11-5-7-13-6-1-2-8-14(13)22)12-25-18-20-21-19-23(18)15-9-3-4-10-16(15)26-19/h1-4,6,8-10H,5,7,11-12H2. The number of thioether (sulfide) groups is 1. The Labute approximate surface area is 158 Å². The van der Waals surface area contributed by atoms with Crippen LogP contribution < -0.4 is 4.90 Å². The molecule has 5 nitrogen and oxygen atoms in total. The molecule has 5 rings (SSSR count). The van der Waals surface area contributed by atoms with Gasteiger partial charge in [0.05, 0.1) is 16.0 Å². The number of hydrogen-bond acceptors (Lipinski definition) is 5. The molecule has 7 heteroatoms. The van der Waals surface area contributed by atoms with Gasteiger partial charge in [-0.15, -0.1) is 10.2 Å². The molecule has 130 valence electrons. The lowest BCUT2D eigenvalue weighted by Crippen LogP contribution is -2.36. The van der Waals surface area contributed by atoms with Crippen LogP contribution in [0.3, 0.4) is 0 Å². The normalized spacial score (nSPS) is 14.1. The molecule has 0 fully saturated rings. The number of anilines is 1. The highest BCUT2D eigenvalue weighted by Crippen LogP contribution is 2.31. The van der Waals surface area contributed by atoms with E-state index in [1.807, 2.05) is 39.6 Å². The second-order valence-electron chi connectivity index (χ2n) is 6.24. The van der Waals surface area contributed by atoms with Crippen LogP contribution in [-0.4, -0.2) is 32.8 Å². The Balaban J connectivity index is 1.40. The van der Waals surface area contributed by atoms with Gasteiger partial charge in [-0.05, 0) is 36.6 Å². The lowest BCUT2D eigenvalue weighted by molar-refractivity contribution is -0.116. The summed E-state index contributed by atoms with van der Waals surface area (Å²) in [5.41, 5.74) is 3.40. The molecule has 1 amide bonds. The Hall–Kier alpha value is -2.38. The van der Waals surface area contributed by atoms with Gasteiger partial charge in [0.25, 0.3) is 0 Å². The van der Waals surface area contributed by atoms with Gasteiger partial charge in [0.2, 0.25) is 10.9 Å². The number of nitrogens with zero attached hydrogens (tertiary/aromatic N) is 4. The van der Waals surface area contributed by atoms with Crippen LogP contribution in [0.5, 0.6) is 0 Å². The van der Waals surface area contributed by atoms with E-state index in [-0.39, 0.29) is 5.91 Å². The highest BCUT2D eigenvalue weighted by atomic mass is 32.2. The quantitative estimate of drug-likeness (QED) is 0.504. The number of aromatic nitrogens is 3. The molecule has 3 heterocycles. The average molecular weight is 380 g/mol. The third kappa shape index (κ3) is 2.59. The van der Waals surface area contributed by atoms with Gasteiger partial charge in [-0.1, -0.05) is 53.4 Å². The minimum absolute atomic E-state index is 0.124. The molecule has 0 saturated heterocycles. The number of rotatable bonds is 3. The molecule has 2 aromatic heterocycles. The molecule has 0 saturated carbocycles. The second-order valence-corrected chi connectivity index (χ2v) is 8.19. The zero-order valence-corrected chi connectivity index (χ0v) is 15.6. The lowest BCUT2D eigenvalue weighted by atomic mass is 10.0. The van der Waals surface area contributed by atoms with Crippen LogP contribution in [0.4, 0.5) is 5.69 Å². The number of hydrogen-bond donors (Lipinski definition) is 0. The molecule has 0 atom stereocenters. The van der Waals surface area contributed by atoms with Crippen LogP contribution in [0.15, 0.2) is 53.7 Å². The Morgan fingerprint density at radius 2 is 1.96 bits per heavy atom. The summed E-state index contributed by atoms with van der Waals surface area (Å²) in [5.74, 6) is 0.484. The van der Waals surface area contributed by atoms with Crippen molar-refractivity contribution in [2.45, 2.75) is 18.0 Å². The molecule has 1 aliphatic heterocycles. The first-order valence-electron chi connectivity index (χ1n) is 8.55. The number of benzene rings is 2. The van der Waals surface area contributed by atoms with E-state index in [4.69, 9.17) is 0 Å². The van der Waals surface area contributed by atoms with Gasteiger partial charge in [0.1, 0.15) is 0 Å². The minimum Gasteiger partial charge on any atom is -0.311 e. The van der Waals surface area contributed by atoms with Gasteiger partial charge >= 0.3 is 0 Å². The maximum Gasteiger partial charge on any atom is 0.237 e. The number of carbonyl (C=O) groups excluding carboxylic acids is 1. The van der Waals surface area contributed by atoms with Crippen LogP contribution in [0, 0.1) is 0 Å². The summed E-state index contributed by atoms with van der Waals surface area (Å²) in [5, 5.41) is 9.32. The molecule has 26 heavy (non-hydrogen) atoms. The fourth-order valence-corrected chi connectivity index (χ4v) is 5.29. The molecule has 4 aromatic rings. The van der Waals surface area contributed by atoms with Gasteiger partial charge in [0.15, 0.2) is 5.16 Å². The smallest absolute Gasteiger partial charge is 0.237 e. The number of fused-ring (bicyclic) bond motifs is 4. The second kappa shape index (κ2) is 6.41. The van der Waals surface area contributed by atoms with Crippen molar-refractivity contribution >= 4 is 49.9 Å². The third-order valence-corrected chi connectivity index (χ3v) is 6.57. The fourth-order valence-electron chi connectivity index (χ4n) is 3.45. The van der Waals surface area contributed by atoms with Crippen molar-refractivity contribution in [1.29, 1.82) is 0 Å². The first kappa shape index (κ1) is 15.8. The number of aryl methyl sites for hydroxylation is 1. The van der Waals surface area contributed by atoms with Gasteiger partial charge in [-0.2, -0.15) is 0 Å². The van der Waals surface area contributed by atoms with Crippen molar-refractivity contribution < 1.29 is 4.79 Å². The molecule has 0 radical (unpaired) electrons. The zero-order chi connectivity index (χ0) is 17.5. The van der Waals surface area contributed by atoms with Gasteiger partial charge in [0, 0.05) is 12.2 Å². The Bertz CT molecular complexity index is 1120. The molecule has 0 spiro atoms. The first-order valence-corrected chi connectivity index (χ1v) is 10.4. The van der Waals surface area contributed by atoms with E-state index in [1.54, 1.807) is 11.3 Å². The summed E-state index contributed by atoms with van der Waals surface area (Å²) in [6, 6.07) is 16.4. The van der Waals surface area contributed by atoms with E-state index >= 15 is 0 Å². The molecular formula is C19H16N4OS2. The fraction of sp³-hybridized carbons (Fsp3) is 0.211. The van der Waals surface area contributed by atoms with E-state index in [2.05, 4.69) is 28.4 Å². The van der Waals surface area contributed by atoms with Crippen molar-refractivity contribution in [3.63, 3.8) is 0 Å². The van der Waals surface area contributed by atoms with Crippen molar-refractivity contribution in [2.24, 2.45) is 0 Å².